The van der Waals surface area contributed by atoms with Crippen LogP contribution in [0.2, 0.25) is 0 Å². The Morgan fingerprint density at radius 3 is 2.92 bits per heavy atom. The minimum Gasteiger partial charge on any atom is -0.350 e. The zero-order valence-electron chi connectivity index (χ0n) is 14.8. The Bertz CT molecular complexity index is 896. The average molecular weight is 348 g/mol. The standard InChI is InChI=1S/C21H24N4O/c26-21(20-10-13-25(24-20)19-6-3-11-22-15-19)23-12-9-16-7-8-17-4-1-2-5-18(17)14-16/h1-2,4-5,7-8,10,13-14,19,22H,3,6,9,11-12,15H2,(H,23,26). The Morgan fingerprint density at radius 2 is 2.08 bits per heavy atom. The summed E-state index contributed by atoms with van der Waals surface area (Å²) in [6.45, 7) is 2.60. The van der Waals surface area contributed by atoms with Gasteiger partial charge in [-0.1, -0.05) is 42.5 Å². The SMILES string of the molecule is O=C(NCCc1ccc2ccccc2c1)c1ccn(C2CCCNC2)n1. The Balaban J connectivity index is 1.32. The predicted octanol–water partition coefficient (Wildman–Crippen LogP) is 2.93. The highest BCUT2D eigenvalue weighted by Crippen LogP contribution is 2.17. The number of rotatable bonds is 5. The fourth-order valence-corrected chi connectivity index (χ4v) is 3.53. The molecule has 1 atom stereocenters. The molecule has 4 rings (SSSR count). The van der Waals surface area contributed by atoms with Crippen molar-refractivity contribution in [1.82, 2.24) is 20.4 Å². The fourth-order valence-electron chi connectivity index (χ4n) is 3.53. The second-order valence-electron chi connectivity index (χ2n) is 6.87. The number of aromatic nitrogens is 2. The van der Waals surface area contributed by atoms with Gasteiger partial charge < -0.3 is 10.6 Å². The fraction of sp³-hybridized carbons (Fsp3) is 0.333. The summed E-state index contributed by atoms with van der Waals surface area (Å²) in [6, 6.07) is 16.9. The summed E-state index contributed by atoms with van der Waals surface area (Å²) in [6.07, 6.45) is 4.98. The van der Waals surface area contributed by atoms with E-state index < -0.39 is 0 Å². The molecule has 3 aromatic rings. The molecule has 134 valence electrons. The van der Waals surface area contributed by atoms with Gasteiger partial charge in [0.15, 0.2) is 0 Å². The molecule has 1 aliphatic rings. The van der Waals surface area contributed by atoms with Crippen molar-refractivity contribution in [1.29, 1.82) is 0 Å². The van der Waals surface area contributed by atoms with Gasteiger partial charge in [0.05, 0.1) is 6.04 Å². The molecule has 1 unspecified atom stereocenters. The molecule has 5 heteroatoms. The first kappa shape index (κ1) is 16.8. The van der Waals surface area contributed by atoms with E-state index in [1.54, 1.807) is 6.07 Å². The van der Waals surface area contributed by atoms with Gasteiger partial charge in [0.25, 0.3) is 5.91 Å². The highest BCUT2D eigenvalue weighted by molar-refractivity contribution is 5.92. The molecule has 5 nitrogen and oxygen atoms in total. The molecule has 1 fully saturated rings. The lowest BCUT2D eigenvalue weighted by atomic mass is 10.1. The lowest BCUT2D eigenvalue weighted by Gasteiger charge is -2.22. The monoisotopic (exact) mass is 348 g/mol. The Kier molecular flexibility index (Phi) is 4.97. The van der Waals surface area contributed by atoms with Crippen LogP contribution in [-0.2, 0) is 6.42 Å². The minimum atomic E-state index is -0.103. The number of hydrogen-bond donors (Lipinski definition) is 2. The van der Waals surface area contributed by atoms with Gasteiger partial charge in [-0.25, -0.2) is 0 Å². The van der Waals surface area contributed by atoms with Crippen LogP contribution in [0.15, 0.2) is 54.7 Å². The van der Waals surface area contributed by atoms with Crippen molar-refractivity contribution in [2.45, 2.75) is 25.3 Å². The quantitative estimate of drug-likeness (QED) is 0.745. The van der Waals surface area contributed by atoms with Crippen LogP contribution < -0.4 is 10.6 Å². The first-order valence-electron chi connectivity index (χ1n) is 9.31. The van der Waals surface area contributed by atoms with Crippen LogP contribution in [-0.4, -0.2) is 35.3 Å². The normalized spacial score (nSPS) is 17.3. The van der Waals surface area contributed by atoms with Gasteiger partial charge in [-0.05, 0) is 48.2 Å². The molecule has 2 heterocycles. The van der Waals surface area contributed by atoms with E-state index in [9.17, 15) is 4.79 Å². The number of hydrogen-bond acceptors (Lipinski definition) is 3. The lowest BCUT2D eigenvalue weighted by molar-refractivity contribution is 0.0948. The van der Waals surface area contributed by atoms with Crippen LogP contribution in [0.3, 0.4) is 0 Å². The summed E-state index contributed by atoms with van der Waals surface area (Å²) in [4.78, 5) is 12.3. The van der Waals surface area contributed by atoms with Gasteiger partial charge in [0, 0.05) is 19.3 Å². The molecule has 2 N–H and O–H groups in total. The highest BCUT2D eigenvalue weighted by Gasteiger charge is 2.17. The lowest BCUT2D eigenvalue weighted by Crippen LogP contribution is -2.32. The molecular formula is C21H24N4O. The largest absolute Gasteiger partial charge is 0.350 e. The van der Waals surface area contributed by atoms with Crippen LogP contribution in [0.25, 0.3) is 10.8 Å². The summed E-state index contributed by atoms with van der Waals surface area (Å²) in [7, 11) is 0. The number of piperidine rings is 1. The van der Waals surface area contributed by atoms with Gasteiger partial charge >= 0.3 is 0 Å². The van der Waals surface area contributed by atoms with Crippen LogP contribution in [0, 0.1) is 0 Å². The second kappa shape index (κ2) is 7.70. The second-order valence-corrected chi connectivity index (χ2v) is 6.87. The third-order valence-corrected chi connectivity index (χ3v) is 5.00. The number of carbonyl (C=O) groups excluding carboxylic acids is 1. The summed E-state index contributed by atoms with van der Waals surface area (Å²) in [5.74, 6) is -0.103. The average Bonchev–Trinajstić information content (AvgIpc) is 3.19. The van der Waals surface area contributed by atoms with E-state index in [1.807, 2.05) is 23.0 Å². The van der Waals surface area contributed by atoms with E-state index in [2.05, 4.69) is 46.1 Å². The summed E-state index contributed by atoms with van der Waals surface area (Å²) < 4.78 is 1.92. The van der Waals surface area contributed by atoms with Gasteiger partial charge in [0.2, 0.25) is 0 Å². The summed E-state index contributed by atoms with van der Waals surface area (Å²) in [5, 5.41) is 13.3. The maximum absolute atomic E-state index is 12.3. The minimum absolute atomic E-state index is 0.103. The first-order valence-corrected chi connectivity index (χ1v) is 9.31. The van der Waals surface area contributed by atoms with E-state index in [0.717, 1.165) is 32.4 Å². The van der Waals surface area contributed by atoms with Crippen molar-refractivity contribution < 1.29 is 4.79 Å². The van der Waals surface area contributed by atoms with Crippen LogP contribution >= 0.6 is 0 Å². The van der Waals surface area contributed by atoms with Crippen molar-refractivity contribution >= 4 is 16.7 Å². The predicted molar refractivity (Wildman–Crippen MR) is 103 cm³/mol. The van der Waals surface area contributed by atoms with E-state index in [4.69, 9.17) is 0 Å². The molecule has 0 spiro atoms. The number of nitrogens with one attached hydrogen (secondary N) is 2. The maximum Gasteiger partial charge on any atom is 0.271 e. The van der Waals surface area contributed by atoms with E-state index in [0.29, 0.717) is 18.3 Å². The Morgan fingerprint density at radius 1 is 1.19 bits per heavy atom. The topological polar surface area (TPSA) is 59.0 Å². The molecule has 2 aromatic carbocycles. The Labute approximate surface area is 153 Å². The van der Waals surface area contributed by atoms with Crippen molar-refractivity contribution in [3.05, 3.63) is 66.0 Å². The van der Waals surface area contributed by atoms with E-state index >= 15 is 0 Å². The van der Waals surface area contributed by atoms with Crippen molar-refractivity contribution in [2.24, 2.45) is 0 Å². The molecule has 0 aliphatic carbocycles. The molecule has 0 radical (unpaired) electrons. The maximum atomic E-state index is 12.3. The number of amides is 1. The number of carbonyl (C=O) groups is 1. The first-order chi connectivity index (χ1) is 12.8. The van der Waals surface area contributed by atoms with Crippen LogP contribution in [0.1, 0.15) is 34.9 Å². The van der Waals surface area contributed by atoms with Crippen molar-refractivity contribution in [2.75, 3.05) is 19.6 Å². The van der Waals surface area contributed by atoms with Crippen LogP contribution in [0.4, 0.5) is 0 Å². The molecule has 0 bridgehead atoms. The van der Waals surface area contributed by atoms with E-state index in [1.165, 1.54) is 16.3 Å². The third kappa shape index (κ3) is 3.78. The van der Waals surface area contributed by atoms with Gasteiger partial charge in [-0.2, -0.15) is 5.10 Å². The number of nitrogens with zero attached hydrogens (tertiary/aromatic N) is 2. The third-order valence-electron chi connectivity index (χ3n) is 5.00. The molecule has 26 heavy (non-hydrogen) atoms. The van der Waals surface area contributed by atoms with Gasteiger partial charge in [-0.3, -0.25) is 9.48 Å². The zero-order chi connectivity index (χ0) is 17.8. The van der Waals surface area contributed by atoms with E-state index in [-0.39, 0.29) is 5.91 Å². The number of benzene rings is 2. The highest BCUT2D eigenvalue weighted by atomic mass is 16.1. The Hall–Kier alpha value is -2.66. The molecule has 1 aliphatic heterocycles. The zero-order valence-corrected chi connectivity index (χ0v) is 14.8. The summed E-state index contributed by atoms with van der Waals surface area (Å²) >= 11 is 0. The molecule has 1 saturated heterocycles. The van der Waals surface area contributed by atoms with Gasteiger partial charge in [0.1, 0.15) is 5.69 Å². The van der Waals surface area contributed by atoms with Gasteiger partial charge in [-0.15, -0.1) is 0 Å². The molecule has 0 saturated carbocycles. The summed E-state index contributed by atoms with van der Waals surface area (Å²) in [5.41, 5.74) is 1.72. The molecule has 1 amide bonds. The molecule has 1 aromatic heterocycles. The van der Waals surface area contributed by atoms with Crippen molar-refractivity contribution in [3.63, 3.8) is 0 Å². The number of fused-ring (bicyclic) bond motifs is 1. The van der Waals surface area contributed by atoms with Crippen LogP contribution in [0.5, 0.6) is 0 Å². The molecular weight excluding hydrogens is 324 g/mol. The smallest absolute Gasteiger partial charge is 0.271 e. The van der Waals surface area contributed by atoms with Crippen molar-refractivity contribution in [3.8, 4) is 0 Å².